The number of carbonyl (C=O) groups excluding carboxylic acids is 2. The quantitative estimate of drug-likeness (QED) is 0.714. The van der Waals surface area contributed by atoms with E-state index in [2.05, 4.69) is 52.9 Å². The predicted octanol–water partition coefficient (Wildman–Crippen LogP) is 5.09. The van der Waals surface area contributed by atoms with Gasteiger partial charge < -0.3 is 14.8 Å². The number of hydrogen-bond donors (Lipinski definition) is 1. The molecule has 2 rings (SSSR count). The van der Waals surface area contributed by atoms with Crippen molar-refractivity contribution in [1.82, 2.24) is 0 Å². The van der Waals surface area contributed by atoms with Crippen molar-refractivity contribution in [2.45, 2.75) is 52.4 Å². The van der Waals surface area contributed by atoms with E-state index in [9.17, 15) is 9.59 Å². The number of hydrogen-bond acceptors (Lipinski definition) is 4. The molecule has 0 aliphatic carbocycles. The summed E-state index contributed by atoms with van der Waals surface area (Å²) in [5.41, 5.74) is 2.96. The topological polar surface area (TPSA) is 64.6 Å². The van der Waals surface area contributed by atoms with Crippen LogP contribution in [0.15, 0.2) is 42.5 Å². The van der Waals surface area contributed by atoms with Crippen molar-refractivity contribution in [3.8, 4) is 5.75 Å². The number of benzene rings is 2. The molecule has 2 aromatic rings. The van der Waals surface area contributed by atoms with E-state index in [-0.39, 0.29) is 17.4 Å². The standard InChI is InChI=1S/C24H31NO4/c1-23(2,3)17-12-16(13-18(14-17)24(4,5)6)22(27)29-15-21(26)25-19-8-10-20(28-7)11-9-19/h8-14H,15H2,1-7H3,(H,25,26). The van der Waals surface area contributed by atoms with E-state index in [1.165, 1.54) is 0 Å². The molecule has 0 aliphatic heterocycles. The summed E-state index contributed by atoms with van der Waals surface area (Å²) in [6.45, 7) is 12.3. The minimum absolute atomic E-state index is 0.109. The van der Waals surface area contributed by atoms with Gasteiger partial charge in [0.1, 0.15) is 5.75 Å². The van der Waals surface area contributed by atoms with Crippen LogP contribution in [0.1, 0.15) is 63.0 Å². The van der Waals surface area contributed by atoms with Crippen molar-refractivity contribution in [3.05, 3.63) is 59.2 Å². The Labute approximate surface area is 173 Å². The SMILES string of the molecule is COc1ccc(NC(=O)COC(=O)c2cc(C(C)(C)C)cc(C(C)(C)C)c2)cc1. The summed E-state index contributed by atoms with van der Waals surface area (Å²) in [5.74, 6) is -0.208. The van der Waals surface area contributed by atoms with Crippen LogP contribution in [0.4, 0.5) is 5.69 Å². The van der Waals surface area contributed by atoms with Gasteiger partial charge in [-0.2, -0.15) is 0 Å². The molecule has 1 N–H and O–H groups in total. The lowest BCUT2D eigenvalue weighted by molar-refractivity contribution is -0.119. The smallest absolute Gasteiger partial charge is 0.338 e. The van der Waals surface area contributed by atoms with Crippen LogP contribution in [0.25, 0.3) is 0 Å². The summed E-state index contributed by atoms with van der Waals surface area (Å²) in [4.78, 5) is 24.8. The van der Waals surface area contributed by atoms with E-state index in [0.717, 1.165) is 11.1 Å². The van der Waals surface area contributed by atoms with Crippen molar-refractivity contribution in [3.63, 3.8) is 0 Å². The molecule has 0 heterocycles. The highest BCUT2D eigenvalue weighted by atomic mass is 16.5. The summed E-state index contributed by atoms with van der Waals surface area (Å²) < 4.78 is 10.4. The molecule has 0 fully saturated rings. The molecule has 0 aliphatic rings. The first-order chi connectivity index (χ1) is 13.4. The molecule has 0 spiro atoms. The number of carbonyl (C=O) groups is 2. The second kappa shape index (κ2) is 8.68. The molecular formula is C24H31NO4. The first kappa shape index (κ1) is 22.5. The second-order valence-electron chi connectivity index (χ2n) is 9.15. The summed E-state index contributed by atoms with van der Waals surface area (Å²) in [6, 6.07) is 12.8. The molecule has 156 valence electrons. The maximum absolute atomic E-state index is 12.6. The van der Waals surface area contributed by atoms with Crippen LogP contribution < -0.4 is 10.1 Å². The monoisotopic (exact) mass is 397 g/mol. The van der Waals surface area contributed by atoms with E-state index >= 15 is 0 Å². The molecule has 0 radical (unpaired) electrons. The van der Waals surface area contributed by atoms with Crippen LogP contribution in [0, 0.1) is 0 Å². The fourth-order valence-corrected chi connectivity index (χ4v) is 2.70. The zero-order valence-corrected chi connectivity index (χ0v) is 18.4. The van der Waals surface area contributed by atoms with Gasteiger partial charge in [0.25, 0.3) is 5.91 Å². The van der Waals surface area contributed by atoms with Gasteiger partial charge in [-0.05, 0) is 58.4 Å². The molecule has 5 heteroatoms. The minimum atomic E-state index is -0.508. The third-order valence-corrected chi connectivity index (χ3v) is 4.61. The number of ether oxygens (including phenoxy) is 2. The molecule has 0 bridgehead atoms. The van der Waals surface area contributed by atoms with Gasteiger partial charge in [-0.25, -0.2) is 4.79 Å². The van der Waals surface area contributed by atoms with E-state index < -0.39 is 11.9 Å². The normalized spacial score (nSPS) is 11.7. The lowest BCUT2D eigenvalue weighted by Crippen LogP contribution is -2.22. The highest BCUT2D eigenvalue weighted by Crippen LogP contribution is 2.30. The van der Waals surface area contributed by atoms with Crippen molar-refractivity contribution < 1.29 is 19.1 Å². The third-order valence-electron chi connectivity index (χ3n) is 4.61. The first-order valence-corrected chi connectivity index (χ1v) is 9.67. The van der Waals surface area contributed by atoms with Crippen molar-refractivity contribution in [1.29, 1.82) is 0 Å². The average molecular weight is 398 g/mol. The molecule has 0 aromatic heterocycles. The van der Waals surface area contributed by atoms with E-state index in [1.54, 1.807) is 31.4 Å². The molecule has 2 aromatic carbocycles. The number of nitrogens with one attached hydrogen (secondary N) is 1. The number of amides is 1. The zero-order valence-electron chi connectivity index (χ0n) is 18.4. The highest BCUT2D eigenvalue weighted by molar-refractivity contribution is 5.95. The molecule has 1 amide bonds. The van der Waals surface area contributed by atoms with Crippen LogP contribution in [-0.4, -0.2) is 25.6 Å². The molecule has 0 saturated heterocycles. The van der Waals surface area contributed by atoms with Crippen LogP contribution in [0.3, 0.4) is 0 Å². The molecule has 29 heavy (non-hydrogen) atoms. The van der Waals surface area contributed by atoms with Gasteiger partial charge in [0, 0.05) is 5.69 Å². The highest BCUT2D eigenvalue weighted by Gasteiger charge is 2.23. The summed E-state index contributed by atoms with van der Waals surface area (Å²) in [6.07, 6.45) is 0. The van der Waals surface area contributed by atoms with Crippen molar-refractivity contribution in [2.24, 2.45) is 0 Å². The number of esters is 1. The van der Waals surface area contributed by atoms with Gasteiger partial charge in [-0.15, -0.1) is 0 Å². The Morgan fingerprint density at radius 2 is 1.38 bits per heavy atom. The minimum Gasteiger partial charge on any atom is -0.497 e. The Morgan fingerprint density at radius 1 is 0.862 bits per heavy atom. The predicted molar refractivity (Wildman–Crippen MR) is 116 cm³/mol. The maximum Gasteiger partial charge on any atom is 0.338 e. The summed E-state index contributed by atoms with van der Waals surface area (Å²) >= 11 is 0. The van der Waals surface area contributed by atoms with Gasteiger partial charge in [-0.3, -0.25) is 4.79 Å². The molecule has 0 unspecified atom stereocenters. The lowest BCUT2D eigenvalue weighted by Gasteiger charge is -2.25. The number of rotatable bonds is 5. The molecule has 0 saturated carbocycles. The fraction of sp³-hybridized carbons (Fsp3) is 0.417. The third kappa shape index (κ3) is 6.34. The summed E-state index contributed by atoms with van der Waals surface area (Å²) in [7, 11) is 1.58. The summed E-state index contributed by atoms with van der Waals surface area (Å²) in [5, 5.41) is 2.70. The Balaban J connectivity index is 2.10. The largest absolute Gasteiger partial charge is 0.497 e. The Kier molecular flexibility index (Phi) is 6.73. The van der Waals surface area contributed by atoms with Crippen LogP contribution in [0.2, 0.25) is 0 Å². The van der Waals surface area contributed by atoms with Crippen molar-refractivity contribution >= 4 is 17.6 Å². The Morgan fingerprint density at radius 3 is 1.83 bits per heavy atom. The van der Waals surface area contributed by atoms with Gasteiger partial charge in [0.2, 0.25) is 0 Å². The first-order valence-electron chi connectivity index (χ1n) is 9.67. The Hall–Kier alpha value is -2.82. The van der Waals surface area contributed by atoms with Crippen LogP contribution in [-0.2, 0) is 20.4 Å². The number of anilines is 1. The van der Waals surface area contributed by atoms with E-state index in [1.807, 2.05) is 12.1 Å². The van der Waals surface area contributed by atoms with Gasteiger partial charge in [-0.1, -0.05) is 47.6 Å². The van der Waals surface area contributed by atoms with Crippen molar-refractivity contribution in [2.75, 3.05) is 19.0 Å². The molecular weight excluding hydrogens is 366 g/mol. The maximum atomic E-state index is 12.6. The van der Waals surface area contributed by atoms with Crippen LogP contribution >= 0.6 is 0 Å². The number of methoxy groups -OCH3 is 1. The molecule has 0 atom stereocenters. The van der Waals surface area contributed by atoms with Crippen LogP contribution in [0.5, 0.6) is 5.75 Å². The fourth-order valence-electron chi connectivity index (χ4n) is 2.70. The second-order valence-corrected chi connectivity index (χ2v) is 9.15. The van der Waals surface area contributed by atoms with E-state index in [0.29, 0.717) is 17.0 Å². The zero-order chi connectivity index (χ0) is 21.8. The van der Waals surface area contributed by atoms with Gasteiger partial charge in [0.15, 0.2) is 6.61 Å². The van der Waals surface area contributed by atoms with Gasteiger partial charge in [0.05, 0.1) is 12.7 Å². The molecule has 5 nitrogen and oxygen atoms in total. The van der Waals surface area contributed by atoms with Gasteiger partial charge >= 0.3 is 5.97 Å². The van der Waals surface area contributed by atoms with E-state index in [4.69, 9.17) is 9.47 Å². The Bertz CT molecular complexity index is 839. The average Bonchev–Trinajstić information content (AvgIpc) is 2.65. The lowest BCUT2D eigenvalue weighted by atomic mass is 9.79.